The highest BCUT2D eigenvalue weighted by Crippen LogP contribution is 2.32. The summed E-state index contributed by atoms with van der Waals surface area (Å²) in [6.07, 6.45) is 3.53. The fraction of sp³-hybridized carbons (Fsp3) is 0.368. The number of hydrogen-bond donors (Lipinski definition) is 0. The molecule has 2 aliphatic rings. The number of carbonyl (C=O) groups is 1. The van der Waals surface area contributed by atoms with Gasteiger partial charge in [0.15, 0.2) is 0 Å². The van der Waals surface area contributed by atoms with Crippen molar-refractivity contribution in [2.75, 3.05) is 0 Å². The summed E-state index contributed by atoms with van der Waals surface area (Å²) < 4.78 is 0. The SMILES string of the molecule is CC1CCCC(C)N1N=C1C(=O)c2cccc3cccc1c23. The van der Waals surface area contributed by atoms with Gasteiger partial charge in [-0.15, -0.1) is 0 Å². The molecule has 0 amide bonds. The van der Waals surface area contributed by atoms with E-state index in [9.17, 15) is 4.79 Å². The van der Waals surface area contributed by atoms with Gasteiger partial charge in [0, 0.05) is 28.6 Å². The number of benzene rings is 2. The zero-order chi connectivity index (χ0) is 15.3. The average molecular weight is 292 g/mol. The third-order valence-electron chi connectivity index (χ3n) is 4.98. The summed E-state index contributed by atoms with van der Waals surface area (Å²) in [4.78, 5) is 12.8. The summed E-state index contributed by atoms with van der Waals surface area (Å²) in [5.41, 5.74) is 2.40. The maximum atomic E-state index is 12.8. The smallest absolute Gasteiger partial charge is 0.214 e. The molecule has 112 valence electrons. The Morgan fingerprint density at radius 2 is 1.64 bits per heavy atom. The second kappa shape index (κ2) is 4.94. The molecule has 1 fully saturated rings. The van der Waals surface area contributed by atoms with E-state index >= 15 is 0 Å². The van der Waals surface area contributed by atoms with Gasteiger partial charge in [0.2, 0.25) is 5.78 Å². The third kappa shape index (κ3) is 1.88. The van der Waals surface area contributed by atoms with Gasteiger partial charge in [-0.2, -0.15) is 5.10 Å². The van der Waals surface area contributed by atoms with Gasteiger partial charge in [-0.25, -0.2) is 0 Å². The van der Waals surface area contributed by atoms with Crippen LogP contribution in [0.15, 0.2) is 41.5 Å². The van der Waals surface area contributed by atoms with Crippen LogP contribution in [0.5, 0.6) is 0 Å². The molecular formula is C19H20N2O. The number of Topliss-reactive ketones (excluding diaryl/α,β-unsaturated/α-hetero) is 1. The van der Waals surface area contributed by atoms with Crippen LogP contribution in [-0.4, -0.2) is 28.6 Å². The lowest BCUT2D eigenvalue weighted by molar-refractivity contribution is 0.101. The highest BCUT2D eigenvalue weighted by atomic mass is 16.1. The van der Waals surface area contributed by atoms with E-state index in [1.807, 2.05) is 24.3 Å². The Bertz CT molecular complexity index is 778. The molecule has 4 rings (SSSR count). The Hall–Kier alpha value is -2.16. The molecule has 1 heterocycles. The number of hydrazone groups is 1. The van der Waals surface area contributed by atoms with Gasteiger partial charge in [-0.1, -0.05) is 36.4 Å². The number of rotatable bonds is 1. The van der Waals surface area contributed by atoms with Crippen molar-refractivity contribution < 1.29 is 4.79 Å². The first-order valence-electron chi connectivity index (χ1n) is 8.10. The molecule has 22 heavy (non-hydrogen) atoms. The monoisotopic (exact) mass is 292 g/mol. The highest BCUT2D eigenvalue weighted by molar-refractivity contribution is 6.59. The summed E-state index contributed by atoms with van der Waals surface area (Å²) in [6, 6.07) is 12.8. The molecule has 1 aliphatic carbocycles. The predicted octanol–water partition coefficient (Wildman–Crippen LogP) is 4.00. The lowest BCUT2D eigenvalue weighted by Crippen LogP contribution is -2.40. The summed E-state index contributed by atoms with van der Waals surface area (Å²) in [6.45, 7) is 4.40. The summed E-state index contributed by atoms with van der Waals surface area (Å²) in [5.74, 6) is 0.0665. The summed E-state index contributed by atoms with van der Waals surface area (Å²) in [7, 11) is 0. The molecule has 3 heteroatoms. The number of hydrogen-bond acceptors (Lipinski definition) is 3. The van der Waals surface area contributed by atoms with Crippen LogP contribution < -0.4 is 0 Å². The Morgan fingerprint density at radius 1 is 1.00 bits per heavy atom. The van der Waals surface area contributed by atoms with E-state index in [4.69, 9.17) is 5.10 Å². The number of piperidine rings is 1. The fourth-order valence-corrected chi connectivity index (χ4v) is 3.80. The molecule has 0 radical (unpaired) electrons. The van der Waals surface area contributed by atoms with Crippen LogP contribution in [0.25, 0.3) is 10.8 Å². The quantitative estimate of drug-likeness (QED) is 0.795. The largest absolute Gasteiger partial charge is 0.291 e. The van der Waals surface area contributed by atoms with Crippen molar-refractivity contribution in [2.24, 2.45) is 5.10 Å². The minimum absolute atomic E-state index is 0.0665. The second-order valence-corrected chi connectivity index (χ2v) is 6.50. The number of ketones is 1. The Labute approximate surface area is 130 Å². The van der Waals surface area contributed by atoms with E-state index in [2.05, 4.69) is 31.0 Å². The molecule has 2 unspecified atom stereocenters. The molecule has 0 N–H and O–H groups in total. The highest BCUT2D eigenvalue weighted by Gasteiger charge is 2.31. The van der Waals surface area contributed by atoms with Gasteiger partial charge in [-0.3, -0.25) is 9.80 Å². The first-order chi connectivity index (χ1) is 10.7. The van der Waals surface area contributed by atoms with Crippen molar-refractivity contribution in [1.82, 2.24) is 5.01 Å². The molecule has 0 aromatic heterocycles. The van der Waals surface area contributed by atoms with E-state index in [1.165, 1.54) is 6.42 Å². The van der Waals surface area contributed by atoms with Crippen LogP contribution in [0.1, 0.15) is 49.0 Å². The maximum absolute atomic E-state index is 12.8. The van der Waals surface area contributed by atoms with Gasteiger partial charge < -0.3 is 0 Å². The van der Waals surface area contributed by atoms with Crippen LogP contribution in [0, 0.1) is 0 Å². The van der Waals surface area contributed by atoms with Crippen LogP contribution in [0.2, 0.25) is 0 Å². The van der Waals surface area contributed by atoms with Crippen molar-refractivity contribution >= 4 is 22.3 Å². The molecule has 1 aliphatic heterocycles. The van der Waals surface area contributed by atoms with E-state index < -0.39 is 0 Å². The molecule has 1 saturated heterocycles. The number of nitrogens with zero attached hydrogens (tertiary/aromatic N) is 2. The van der Waals surface area contributed by atoms with Crippen LogP contribution >= 0.6 is 0 Å². The topological polar surface area (TPSA) is 32.7 Å². The van der Waals surface area contributed by atoms with E-state index in [0.29, 0.717) is 17.8 Å². The van der Waals surface area contributed by atoms with E-state index in [1.54, 1.807) is 0 Å². The standard InChI is InChI=1S/C19H20N2O/c1-12-6-3-7-13(2)21(12)20-18-15-10-4-8-14-9-5-11-16(17(14)15)19(18)22/h4-5,8-13H,3,6-7H2,1-2H3. The van der Waals surface area contributed by atoms with Crippen molar-refractivity contribution in [3.63, 3.8) is 0 Å². The lowest BCUT2D eigenvalue weighted by Gasteiger charge is -2.37. The second-order valence-electron chi connectivity index (χ2n) is 6.50. The first kappa shape index (κ1) is 13.5. The van der Waals surface area contributed by atoms with Crippen molar-refractivity contribution in [1.29, 1.82) is 0 Å². The molecule has 2 atom stereocenters. The summed E-state index contributed by atoms with van der Waals surface area (Å²) in [5, 5.41) is 9.14. The van der Waals surface area contributed by atoms with Crippen LogP contribution in [0.3, 0.4) is 0 Å². The van der Waals surface area contributed by atoms with Gasteiger partial charge in [0.1, 0.15) is 5.71 Å². The predicted molar refractivity (Wildman–Crippen MR) is 89.4 cm³/mol. The minimum Gasteiger partial charge on any atom is -0.291 e. The maximum Gasteiger partial charge on any atom is 0.214 e. The normalized spacial score (nSPS) is 26.2. The minimum atomic E-state index is 0.0665. The molecule has 3 nitrogen and oxygen atoms in total. The van der Waals surface area contributed by atoms with Crippen LogP contribution in [-0.2, 0) is 0 Å². The average Bonchev–Trinajstić information content (AvgIpc) is 2.79. The van der Waals surface area contributed by atoms with E-state index in [-0.39, 0.29) is 5.78 Å². The van der Waals surface area contributed by atoms with Gasteiger partial charge >= 0.3 is 0 Å². The Kier molecular flexibility index (Phi) is 3.03. The van der Waals surface area contributed by atoms with Crippen molar-refractivity contribution in [2.45, 2.75) is 45.2 Å². The molecular weight excluding hydrogens is 272 g/mol. The first-order valence-corrected chi connectivity index (χ1v) is 8.10. The molecule has 0 saturated carbocycles. The molecule has 0 spiro atoms. The Morgan fingerprint density at radius 3 is 2.32 bits per heavy atom. The zero-order valence-corrected chi connectivity index (χ0v) is 13.0. The molecule has 2 aromatic carbocycles. The van der Waals surface area contributed by atoms with Crippen molar-refractivity contribution in [3.05, 3.63) is 47.5 Å². The van der Waals surface area contributed by atoms with E-state index in [0.717, 1.165) is 34.7 Å². The fourth-order valence-electron chi connectivity index (χ4n) is 3.80. The molecule has 0 bridgehead atoms. The van der Waals surface area contributed by atoms with Crippen LogP contribution in [0.4, 0.5) is 0 Å². The zero-order valence-electron chi connectivity index (χ0n) is 13.0. The third-order valence-corrected chi connectivity index (χ3v) is 4.98. The molecule has 2 aromatic rings. The van der Waals surface area contributed by atoms with Crippen molar-refractivity contribution in [3.8, 4) is 0 Å². The lowest BCUT2D eigenvalue weighted by atomic mass is 10.00. The van der Waals surface area contributed by atoms with Gasteiger partial charge in [0.05, 0.1) is 0 Å². The van der Waals surface area contributed by atoms with Gasteiger partial charge in [0.25, 0.3) is 0 Å². The van der Waals surface area contributed by atoms with Gasteiger partial charge in [-0.05, 0) is 38.5 Å². The summed E-state index contributed by atoms with van der Waals surface area (Å²) >= 11 is 0. The number of carbonyl (C=O) groups excluding carboxylic acids is 1. The Balaban J connectivity index is 1.86.